The fraction of sp³-hybridized carbons (Fsp3) is 0.250. The molecule has 4 amide bonds. The third kappa shape index (κ3) is 5.87. The summed E-state index contributed by atoms with van der Waals surface area (Å²) in [6.07, 6.45) is 1.37. The quantitative estimate of drug-likeness (QED) is 0.427. The van der Waals surface area contributed by atoms with Crippen molar-refractivity contribution in [1.29, 1.82) is 0 Å². The lowest BCUT2D eigenvalue weighted by atomic mass is 10.1. The Bertz CT molecular complexity index is 1150. The number of anilines is 2. The summed E-state index contributed by atoms with van der Waals surface area (Å²) in [5.41, 5.74) is 2.16. The lowest BCUT2D eigenvalue weighted by molar-refractivity contribution is -0.124. The van der Waals surface area contributed by atoms with Gasteiger partial charge < -0.3 is 15.0 Å². The van der Waals surface area contributed by atoms with Gasteiger partial charge in [-0.1, -0.05) is 55.5 Å². The van der Waals surface area contributed by atoms with Crippen molar-refractivity contribution < 1.29 is 19.1 Å². The molecule has 1 aliphatic heterocycles. The Balaban J connectivity index is 1.48. The van der Waals surface area contributed by atoms with Gasteiger partial charge in [0.05, 0.1) is 18.7 Å². The number of hydrogen-bond acceptors (Lipinski definition) is 4. The van der Waals surface area contributed by atoms with Crippen LogP contribution in [0.15, 0.2) is 84.9 Å². The SMILES string of the molecule is CCCOc1ccc(NC(=O)CC2C(=O)N(c3ccccc3)C(=O)N2CCc2ccccc2)cc1. The van der Waals surface area contributed by atoms with Gasteiger partial charge in [-0.25, -0.2) is 9.69 Å². The summed E-state index contributed by atoms with van der Waals surface area (Å²) in [6, 6.07) is 24.4. The number of nitrogens with zero attached hydrogens (tertiary/aromatic N) is 2. The van der Waals surface area contributed by atoms with E-state index >= 15 is 0 Å². The fourth-order valence-corrected chi connectivity index (χ4v) is 4.04. The zero-order chi connectivity index (χ0) is 24.6. The summed E-state index contributed by atoms with van der Waals surface area (Å²) in [7, 11) is 0. The number of benzene rings is 3. The predicted octanol–water partition coefficient (Wildman–Crippen LogP) is 4.88. The van der Waals surface area contributed by atoms with Gasteiger partial charge in [-0.05, 0) is 54.8 Å². The minimum absolute atomic E-state index is 0.128. The summed E-state index contributed by atoms with van der Waals surface area (Å²) in [5.74, 6) is -0.00210. The second-order valence-electron chi connectivity index (χ2n) is 8.36. The molecule has 7 heteroatoms. The zero-order valence-corrected chi connectivity index (χ0v) is 19.7. The first-order chi connectivity index (χ1) is 17.1. The van der Waals surface area contributed by atoms with E-state index in [-0.39, 0.29) is 12.3 Å². The van der Waals surface area contributed by atoms with Gasteiger partial charge >= 0.3 is 6.03 Å². The van der Waals surface area contributed by atoms with Crippen LogP contribution in [0.1, 0.15) is 25.3 Å². The lowest BCUT2D eigenvalue weighted by Gasteiger charge is -2.21. The van der Waals surface area contributed by atoms with Gasteiger partial charge in [-0.3, -0.25) is 9.59 Å². The number of hydrogen-bond donors (Lipinski definition) is 1. The molecule has 1 N–H and O–H groups in total. The normalized spacial score (nSPS) is 15.4. The van der Waals surface area contributed by atoms with Crippen LogP contribution in [0, 0.1) is 0 Å². The van der Waals surface area contributed by atoms with E-state index in [1.165, 1.54) is 9.80 Å². The molecular weight excluding hydrogens is 442 g/mol. The predicted molar refractivity (Wildman–Crippen MR) is 135 cm³/mol. The molecule has 0 bridgehead atoms. The molecule has 0 aromatic heterocycles. The van der Waals surface area contributed by atoms with Crippen LogP contribution < -0.4 is 15.0 Å². The van der Waals surface area contributed by atoms with Crippen LogP contribution in [0.3, 0.4) is 0 Å². The molecule has 4 rings (SSSR count). The van der Waals surface area contributed by atoms with Gasteiger partial charge in [0.2, 0.25) is 5.91 Å². The molecule has 0 radical (unpaired) electrons. The first kappa shape index (κ1) is 24.0. The van der Waals surface area contributed by atoms with Crippen molar-refractivity contribution in [1.82, 2.24) is 4.90 Å². The molecule has 180 valence electrons. The number of nitrogens with one attached hydrogen (secondary N) is 1. The van der Waals surface area contributed by atoms with Gasteiger partial charge in [-0.15, -0.1) is 0 Å². The second-order valence-corrected chi connectivity index (χ2v) is 8.36. The van der Waals surface area contributed by atoms with E-state index in [4.69, 9.17) is 4.74 Å². The van der Waals surface area contributed by atoms with E-state index in [1.54, 1.807) is 48.5 Å². The minimum Gasteiger partial charge on any atom is -0.494 e. The first-order valence-electron chi connectivity index (χ1n) is 11.8. The van der Waals surface area contributed by atoms with Gasteiger partial charge in [-0.2, -0.15) is 0 Å². The molecule has 0 saturated carbocycles. The van der Waals surface area contributed by atoms with Gasteiger partial charge in [0.1, 0.15) is 11.8 Å². The molecule has 1 aliphatic rings. The molecule has 35 heavy (non-hydrogen) atoms. The standard InChI is InChI=1S/C28H29N3O4/c1-2-19-35-24-15-13-22(14-16-24)29-26(32)20-25-27(33)31(23-11-7-4-8-12-23)28(34)30(25)18-17-21-9-5-3-6-10-21/h3-16,25H,2,17-20H2,1H3,(H,29,32). The Hall–Kier alpha value is -4.13. The fourth-order valence-electron chi connectivity index (χ4n) is 4.04. The molecule has 0 spiro atoms. The van der Waals surface area contributed by atoms with Crippen molar-refractivity contribution in [3.05, 3.63) is 90.5 Å². The number of para-hydroxylation sites is 1. The third-order valence-electron chi connectivity index (χ3n) is 5.81. The first-order valence-corrected chi connectivity index (χ1v) is 11.8. The molecule has 7 nitrogen and oxygen atoms in total. The molecule has 1 fully saturated rings. The zero-order valence-electron chi connectivity index (χ0n) is 19.7. The number of rotatable bonds is 10. The van der Waals surface area contributed by atoms with Crippen LogP contribution in [0.5, 0.6) is 5.75 Å². The Labute approximate surface area is 205 Å². The number of carbonyl (C=O) groups is 3. The highest BCUT2D eigenvalue weighted by Crippen LogP contribution is 2.27. The highest BCUT2D eigenvalue weighted by molar-refractivity contribution is 6.22. The van der Waals surface area contributed by atoms with Crippen molar-refractivity contribution in [2.45, 2.75) is 32.2 Å². The van der Waals surface area contributed by atoms with Crippen molar-refractivity contribution >= 4 is 29.2 Å². The summed E-state index contributed by atoms with van der Waals surface area (Å²) in [5, 5.41) is 2.83. The Morgan fingerprint density at radius 2 is 1.57 bits per heavy atom. The number of amides is 4. The maximum absolute atomic E-state index is 13.3. The molecular formula is C28H29N3O4. The Morgan fingerprint density at radius 3 is 2.23 bits per heavy atom. The summed E-state index contributed by atoms with van der Waals surface area (Å²) >= 11 is 0. The molecule has 0 aliphatic carbocycles. The summed E-state index contributed by atoms with van der Waals surface area (Å²) < 4.78 is 5.57. The maximum atomic E-state index is 13.3. The van der Waals surface area contributed by atoms with Crippen LogP contribution in [0.4, 0.5) is 16.2 Å². The minimum atomic E-state index is -0.876. The number of carbonyl (C=O) groups excluding carboxylic acids is 3. The van der Waals surface area contributed by atoms with E-state index in [0.717, 1.165) is 17.7 Å². The smallest absolute Gasteiger partial charge is 0.332 e. The molecule has 1 atom stereocenters. The summed E-state index contributed by atoms with van der Waals surface area (Å²) in [6.45, 7) is 2.99. The molecule has 3 aromatic carbocycles. The van der Waals surface area contributed by atoms with Crippen molar-refractivity contribution in [2.75, 3.05) is 23.4 Å². The van der Waals surface area contributed by atoms with E-state index in [9.17, 15) is 14.4 Å². The third-order valence-corrected chi connectivity index (χ3v) is 5.81. The lowest BCUT2D eigenvalue weighted by Crippen LogP contribution is -2.39. The van der Waals surface area contributed by atoms with Crippen LogP contribution >= 0.6 is 0 Å². The Morgan fingerprint density at radius 1 is 0.914 bits per heavy atom. The Kier molecular flexibility index (Phi) is 7.77. The second kappa shape index (κ2) is 11.3. The molecule has 1 heterocycles. The largest absolute Gasteiger partial charge is 0.494 e. The topological polar surface area (TPSA) is 79.0 Å². The van der Waals surface area contributed by atoms with Gasteiger partial charge in [0.25, 0.3) is 5.91 Å². The van der Waals surface area contributed by atoms with Gasteiger partial charge in [0.15, 0.2) is 0 Å². The monoisotopic (exact) mass is 471 g/mol. The van der Waals surface area contributed by atoms with E-state index in [2.05, 4.69) is 5.32 Å². The maximum Gasteiger partial charge on any atom is 0.332 e. The van der Waals surface area contributed by atoms with Crippen LogP contribution in [-0.2, 0) is 16.0 Å². The molecule has 1 saturated heterocycles. The average molecular weight is 472 g/mol. The van der Waals surface area contributed by atoms with E-state index in [0.29, 0.717) is 30.9 Å². The van der Waals surface area contributed by atoms with Crippen molar-refractivity contribution in [3.8, 4) is 5.75 Å². The highest BCUT2D eigenvalue weighted by Gasteiger charge is 2.46. The van der Waals surface area contributed by atoms with E-state index in [1.807, 2.05) is 43.3 Å². The average Bonchev–Trinajstić information content (AvgIpc) is 3.11. The molecule has 3 aromatic rings. The van der Waals surface area contributed by atoms with Crippen molar-refractivity contribution in [3.63, 3.8) is 0 Å². The van der Waals surface area contributed by atoms with Crippen molar-refractivity contribution in [2.24, 2.45) is 0 Å². The van der Waals surface area contributed by atoms with Gasteiger partial charge in [0, 0.05) is 12.2 Å². The van der Waals surface area contributed by atoms with E-state index < -0.39 is 18.0 Å². The number of imide groups is 1. The van der Waals surface area contributed by atoms with Crippen LogP contribution in [0.2, 0.25) is 0 Å². The molecule has 1 unspecified atom stereocenters. The van der Waals surface area contributed by atoms with Crippen LogP contribution in [-0.4, -0.2) is 41.9 Å². The summed E-state index contributed by atoms with van der Waals surface area (Å²) in [4.78, 5) is 42.2. The number of ether oxygens (including phenoxy) is 1. The highest BCUT2D eigenvalue weighted by atomic mass is 16.5. The number of urea groups is 1. The van der Waals surface area contributed by atoms with Crippen LogP contribution in [0.25, 0.3) is 0 Å².